The summed E-state index contributed by atoms with van der Waals surface area (Å²) in [6, 6.07) is 6.97. The Bertz CT molecular complexity index is 691. The number of aromatic amines is 1. The normalized spacial score (nSPS) is 10.2. The summed E-state index contributed by atoms with van der Waals surface area (Å²) >= 11 is 0. The molecule has 0 saturated carbocycles. The van der Waals surface area contributed by atoms with Crippen molar-refractivity contribution in [1.29, 1.82) is 0 Å². The van der Waals surface area contributed by atoms with Gasteiger partial charge in [-0.2, -0.15) is 0 Å². The molecule has 1 heterocycles. The van der Waals surface area contributed by atoms with Crippen molar-refractivity contribution in [2.45, 2.75) is 6.92 Å². The number of aryl methyl sites for hydroxylation is 1. The predicted octanol–water partition coefficient (Wildman–Crippen LogP) is 1.35. The summed E-state index contributed by atoms with van der Waals surface area (Å²) in [6.07, 6.45) is 0. The van der Waals surface area contributed by atoms with Gasteiger partial charge in [-0.15, -0.1) is 0 Å². The van der Waals surface area contributed by atoms with Crippen LogP contribution in [0.1, 0.15) is 15.9 Å². The van der Waals surface area contributed by atoms with Gasteiger partial charge < -0.3 is 15.5 Å². The Morgan fingerprint density at radius 3 is 2.58 bits per heavy atom. The third kappa shape index (κ3) is 2.92. The van der Waals surface area contributed by atoms with Gasteiger partial charge in [0, 0.05) is 12.1 Å². The van der Waals surface area contributed by atoms with Crippen molar-refractivity contribution in [3.63, 3.8) is 0 Å². The lowest BCUT2D eigenvalue weighted by molar-refractivity contribution is 0.102. The van der Waals surface area contributed by atoms with E-state index in [1.54, 1.807) is 19.1 Å². The molecule has 0 bridgehead atoms. The zero-order chi connectivity index (χ0) is 14.0. The molecular formula is C13H12N2O4. The van der Waals surface area contributed by atoms with E-state index in [0.717, 1.165) is 17.7 Å². The SMILES string of the molecule is Cc1ccc(NC(=O)c2cc(O)[nH]c(=O)c2)c(O)c1. The number of benzene rings is 1. The Kier molecular flexibility index (Phi) is 3.24. The van der Waals surface area contributed by atoms with Crippen LogP contribution in [0.15, 0.2) is 35.1 Å². The Labute approximate surface area is 108 Å². The lowest BCUT2D eigenvalue weighted by atomic mass is 10.2. The van der Waals surface area contributed by atoms with Crippen LogP contribution in [-0.4, -0.2) is 21.1 Å². The molecule has 6 nitrogen and oxygen atoms in total. The van der Waals surface area contributed by atoms with Gasteiger partial charge in [-0.05, 0) is 24.6 Å². The molecule has 0 spiro atoms. The fourth-order valence-electron chi connectivity index (χ4n) is 1.60. The van der Waals surface area contributed by atoms with Crippen LogP contribution in [0.3, 0.4) is 0 Å². The first-order valence-electron chi connectivity index (χ1n) is 5.50. The minimum Gasteiger partial charge on any atom is -0.506 e. The number of aromatic hydroxyl groups is 2. The van der Waals surface area contributed by atoms with E-state index in [2.05, 4.69) is 10.3 Å². The number of H-pyrrole nitrogens is 1. The van der Waals surface area contributed by atoms with E-state index in [4.69, 9.17) is 0 Å². The minimum absolute atomic E-state index is 0.00113. The summed E-state index contributed by atoms with van der Waals surface area (Å²) in [5, 5.41) is 21.3. The van der Waals surface area contributed by atoms with E-state index in [-0.39, 0.29) is 17.0 Å². The number of phenolic OH excluding ortho intramolecular Hbond substituents is 1. The number of rotatable bonds is 2. The quantitative estimate of drug-likeness (QED) is 0.612. The largest absolute Gasteiger partial charge is 0.506 e. The molecule has 0 saturated heterocycles. The van der Waals surface area contributed by atoms with Crippen molar-refractivity contribution in [2.75, 3.05) is 5.32 Å². The highest BCUT2D eigenvalue weighted by Gasteiger charge is 2.10. The smallest absolute Gasteiger partial charge is 0.256 e. The van der Waals surface area contributed by atoms with Gasteiger partial charge in [0.1, 0.15) is 5.75 Å². The third-order valence-electron chi connectivity index (χ3n) is 2.49. The second-order valence-corrected chi connectivity index (χ2v) is 4.09. The molecule has 2 aromatic rings. The number of phenols is 1. The lowest BCUT2D eigenvalue weighted by Gasteiger charge is -2.08. The molecule has 0 aliphatic heterocycles. The van der Waals surface area contributed by atoms with E-state index < -0.39 is 17.3 Å². The fraction of sp³-hybridized carbons (Fsp3) is 0.0769. The number of hydrogen-bond acceptors (Lipinski definition) is 4. The number of carbonyl (C=O) groups excluding carboxylic acids is 1. The average Bonchev–Trinajstić information content (AvgIpc) is 2.31. The van der Waals surface area contributed by atoms with Gasteiger partial charge in [0.05, 0.1) is 11.3 Å². The van der Waals surface area contributed by atoms with Gasteiger partial charge >= 0.3 is 0 Å². The van der Waals surface area contributed by atoms with Crippen LogP contribution in [-0.2, 0) is 0 Å². The minimum atomic E-state index is -0.597. The Morgan fingerprint density at radius 1 is 1.21 bits per heavy atom. The average molecular weight is 260 g/mol. The van der Waals surface area contributed by atoms with E-state index in [0.29, 0.717) is 0 Å². The second-order valence-electron chi connectivity index (χ2n) is 4.09. The first kappa shape index (κ1) is 12.7. The van der Waals surface area contributed by atoms with Gasteiger partial charge in [0.15, 0.2) is 5.88 Å². The van der Waals surface area contributed by atoms with Crippen molar-refractivity contribution in [2.24, 2.45) is 0 Å². The van der Waals surface area contributed by atoms with Gasteiger partial charge in [0.2, 0.25) is 0 Å². The molecular weight excluding hydrogens is 248 g/mol. The number of aromatic nitrogens is 1. The van der Waals surface area contributed by atoms with Gasteiger partial charge in [-0.3, -0.25) is 14.6 Å². The summed E-state index contributed by atoms with van der Waals surface area (Å²) in [5.74, 6) is -1.06. The van der Waals surface area contributed by atoms with Crippen LogP contribution in [0.2, 0.25) is 0 Å². The molecule has 2 rings (SSSR count). The number of nitrogens with one attached hydrogen (secondary N) is 2. The molecule has 0 radical (unpaired) electrons. The molecule has 0 aliphatic carbocycles. The van der Waals surface area contributed by atoms with E-state index in [1.807, 2.05) is 0 Å². The van der Waals surface area contributed by atoms with Crippen molar-refractivity contribution < 1.29 is 15.0 Å². The summed E-state index contributed by atoms with van der Waals surface area (Å²) in [4.78, 5) is 25.1. The topological polar surface area (TPSA) is 102 Å². The Morgan fingerprint density at radius 2 is 1.95 bits per heavy atom. The summed E-state index contributed by atoms with van der Waals surface area (Å²) < 4.78 is 0. The number of amides is 1. The number of pyridine rings is 1. The van der Waals surface area contributed by atoms with Gasteiger partial charge in [0.25, 0.3) is 11.5 Å². The van der Waals surface area contributed by atoms with Crippen LogP contribution in [0.25, 0.3) is 0 Å². The molecule has 1 aromatic heterocycles. The Hall–Kier alpha value is -2.76. The highest BCUT2D eigenvalue weighted by molar-refractivity contribution is 6.05. The first-order valence-corrected chi connectivity index (χ1v) is 5.50. The molecule has 19 heavy (non-hydrogen) atoms. The molecule has 1 aromatic carbocycles. The highest BCUT2D eigenvalue weighted by atomic mass is 16.3. The van der Waals surface area contributed by atoms with Crippen LogP contribution >= 0.6 is 0 Å². The molecule has 0 fully saturated rings. The molecule has 0 unspecified atom stereocenters. The summed E-state index contributed by atoms with van der Waals surface area (Å²) in [6.45, 7) is 1.81. The molecule has 0 aliphatic rings. The van der Waals surface area contributed by atoms with Crippen LogP contribution < -0.4 is 10.9 Å². The standard InChI is InChI=1S/C13H12N2O4/c1-7-2-3-9(10(16)4-7)14-13(19)8-5-11(17)15-12(18)6-8/h2-6,16H,1H3,(H,14,19)(H2,15,17,18). The maximum Gasteiger partial charge on any atom is 0.256 e. The molecule has 4 N–H and O–H groups in total. The maximum absolute atomic E-state index is 11.9. The molecule has 98 valence electrons. The van der Waals surface area contributed by atoms with Crippen LogP contribution in [0.5, 0.6) is 11.6 Å². The Balaban J connectivity index is 2.28. The van der Waals surface area contributed by atoms with E-state index in [9.17, 15) is 19.8 Å². The molecule has 0 atom stereocenters. The van der Waals surface area contributed by atoms with Crippen molar-refractivity contribution in [1.82, 2.24) is 4.98 Å². The van der Waals surface area contributed by atoms with Crippen molar-refractivity contribution in [3.8, 4) is 11.6 Å². The summed E-state index contributed by atoms with van der Waals surface area (Å²) in [5.41, 5.74) is 0.499. The molecule has 6 heteroatoms. The second kappa shape index (κ2) is 4.85. The summed E-state index contributed by atoms with van der Waals surface area (Å²) in [7, 11) is 0. The third-order valence-corrected chi connectivity index (χ3v) is 2.49. The monoisotopic (exact) mass is 260 g/mol. The predicted molar refractivity (Wildman–Crippen MR) is 69.5 cm³/mol. The zero-order valence-corrected chi connectivity index (χ0v) is 10.1. The maximum atomic E-state index is 11.9. The highest BCUT2D eigenvalue weighted by Crippen LogP contribution is 2.24. The zero-order valence-electron chi connectivity index (χ0n) is 10.1. The number of anilines is 1. The van der Waals surface area contributed by atoms with Crippen LogP contribution in [0, 0.1) is 6.92 Å². The molecule has 1 amide bonds. The van der Waals surface area contributed by atoms with Crippen LogP contribution in [0.4, 0.5) is 5.69 Å². The number of carbonyl (C=O) groups is 1. The van der Waals surface area contributed by atoms with E-state index in [1.165, 1.54) is 6.07 Å². The first-order chi connectivity index (χ1) is 8.95. The van der Waals surface area contributed by atoms with E-state index >= 15 is 0 Å². The van der Waals surface area contributed by atoms with Gasteiger partial charge in [-0.1, -0.05) is 6.07 Å². The van der Waals surface area contributed by atoms with Gasteiger partial charge in [-0.25, -0.2) is 0 Å². The fourth-order valence-corrected chi connectivity index (χ4v) is 1.60. The van der Waals surface area contributed by atoms with Crippen molar-refractivity contribution in [3.05, 3.63) is 51.8 Å². The lowest BCUT2D eigenvalue weighted by Crippen LogP contribution is -2.15. The number of hydrogen-bond donors (Lipinski definition) is 4. The van der Waals surface area contributed by atoms with Crippen molar-refractivity contribution >= 4 is 11.6 Å².